The topological polar surface area (TPSA) is 20.3 Å². The third-order valence-electron chi connectivity index (χ3n) is 3.59. The fourth-order valence-corrected chi connectivity index (χ4v) is 2.86. The van der Waals surface area contributed by atoms with E-state index < -0.39 is 0 Å². The summed E-state index contributed by atoms with van der Waals surface area (Å²) in [4.78, 5) is 14.5. The maximum atomic E-state index is 12.6. The van der Waals surface area contributed by atoms with E-state index in [2.05, 4.69) is 29.8 Å². The Hall–Kier alpha value is -0.830. The van der Waals surface area contributed by atoms with Crippen molar-refractivity contribution in [1.82, 2.24) is 4.90 Å². The zero-order valence-corrected chi connectivity index (χ0v) is 14.0. The molecule has 0 atom stereocenters. The Morgan fingerprint density at radius 1 is 1.21 bits per heavy atom. The van der Waals surface area contributed by atoms with Crippen LogP contribution in [0.1, 0.15) is 49.5 Å². The summed E-state index contributed by atoms with van der Waals surface area (Å²) >= 11 is 3.46. The van der Waals surface area contributed by atoms with E-state index in [1.165, 1.54) is 0 Å². The smallest absolute Gasteiger partial charge is 0.253 e. The molecular formula is C16H24BrNO. The summed E-state index contributed by atoms with van der Waals surface area (Å²) < 4.78 is 0.967. The molecule has 0 N–H and O–H groups in total. The van der Waals surface area contributed by atoms with Crippen LogP contribution in [0, 0.1) is 12.8 Å². The molecule has 2 nitrogen and oxygen atoms in total. The number of benzene rings is 1. The van der Waals surface area contributed by atoms with Crippen LogP contribution < -0.4 is 0 Å². The van der Waals surface area contributed by atoms with E-state index in [4.69, 9.17) is 0 Å². The second-order valence-corrected chi connectivity index (χ2v) is 5.96. The maximum absolute atomic E-state index is 12.6. The summed E-state index contributed by atoms with van der Waals surface area (Å²) in [6.07, 6.45) is 2.25. The zero-order chi connectivity index (χ0) is 14.4. The number of hydrogen-bond acceptors (Lipinski definition) is 1. The van der Waals surface area contributed by atoms with Gasteiger partial charge in [-0.15, -0.1) is 0 Å². The zero-order valence-electron chi connectivity index (χ0n) is 12.4. The Kier molecular flexibility index (Phi) is 6.56. The van der Waals surface area contributed by atoms with Crippen LogP contribution >= 0.6 is 15.9 Å². The number of amides is 1. The highest BCUT2D eigenvalue weighted by Gasteiger charge is 2.17. The van der Waals surface area contributed by atoms with Crippen molar-refractivity contribution in [3.05, 3.63) is 33.8 Å². The molecule has 1 aromatic rings. The summed E-state index contributed by atoms with van der Waals surface area (Å²) in [5.74, 6) is 0.732. The predicted octanol–water partition coefficient (Wildman–Crippen LogP) is 4.66. The Bertz CT molecular complexity index is 407. The van der Waals surface area contributed by atoms with Crippen LogP contribution in [0.25, 0.3) is 0 Å². The Morgan fingerprint density at radius 3 is 2.32 bits per heavy atom. The number of carbonyl (C=O) groups excluding carboxylic acids is 1. The molecule has 1 aromatic carbocycles. The molecule has 106 valence electrons. The summed E-state index contributed by atoms with van der Waals surface area (Å²) in [6, 6.07) is 5.89. The van der Waals surface area contributed by atoms with Gasteiger partial charge in [-0.25, -0.2) is 0 Å². The average molecular weight is 326 g/mol. The number of hydrogen-bond donors (Lipinski definition) is 0. The molecule has 19 heavy (non-hydrogen) atoms. The largest absolute Gasteiger partial charge is 0.339 e. The van der Waals surface area contributed by atoms with Crippen LogP contribution in [-0.4, -0.2) is 23.9 Å². The van der Waals surface area contributed by atoms with Crippen molar-refractivity contribution in [1.29, 1.82) is 0 Å². The molecule has 1 rings (SSSR count). The van der Waals surface area contributed by atoms with Gasteiger partial charge in [-0.1, -0.05) is 42.6 Å². The molecule has 0 spiro atoms. The Balaban J connectivity index is 2.88. The molecular weight excluding hydrogens is 302 g/mol. The first kappa shape index (κ1) is 16.2. The van der Waals surface area contributed by atoms with Gasteiger partial charge >= 0.3 is 0 Å². The molecule has 3 heteroatoms. The normalized spacial score (nSPS) is 10.8. The fraction of sp³-hybridized carbons (Fsp3) is 0.562. The molecule has 0 radical (unpaired) electrons. The molecule has 0 bridgehead atoms. The Morgan fingerprint density at radius 2 is 1.84 bits per heavy atom. The first-order chi connectivity index (χ1) is 9.01. The summed E-state index contributed by atoms with van der Waals surface area (Å²) in [7, 11) is 0. The lowest BCUT2D eigenvalue weighted by atomic mass is 10.0. The van der Waals surface area contributed by atoms with E-state index in [-0.39, 0.29) is 5.91 Å². The van der Waals surface area contributed by atoms with Crippen LogP contribution in [0.2, 0.25) is 0 Å². The van der Waals surface area contributed by atoms with Gasteiger partial charge in [0.15, 0.2) is 0 Å². The summed E-state index contributed by atoms with van der Waals surface area (Å²) in [6.45, 7) is 10.1. The molecule has 1 amide bonds. The van der Waals surface area contributed by atoms with Crippen molar-refractivity contribution in [3.63, 3.8) is 0 Å². The quantitative estimate of drug-likeness (QED) is 0.745. The minimum atomic E-state index is 0.138. The van der Waals surface area contributed by atoms with Gasteiger partial charge in [0.25, 0.3) is 5.91 Å². The number of aryl methyl sites for hydroxylation is 1. The van der Waals surface area contributed by atoms with Crippen LogP contribution in [0.15, 0.2) is 22.7 Å². The van der Waals surface area contributed by atoms with Crippen molar-refractivity contribution >= 4 is 21.8 Å². The van der Waals surface area contributed by atoms with Crippen LogP contribution in [0.5, 0.6) is 0 Å². The minimum Gasteiger partial charge on any atom is -0.339 e. The van der Waals surface area contributed by atoms with Crippen LogP contribution in [0.4, 0.5) is 0 Å². The minimum absolute atomic E-state index is 0.138. The van der Waals surface area contributed by atoms with Gasteiger partial charge < -0.3 is 4.90 Å². The molecule has 0 aliphatic carbocycles. The molecule has 0 heterocycles. The highest BCUT2D eigenvalue weighted by molar-refractivity contribution is 9.10. The maximum Gasteiger partial charge on any atom is 0.253 e. The van der Waals surface area contributed by atoms with Crippen molar-refractivity contribution in [2.24, 2.45) is 5.92 Å². The first-order valence-corrected chi connectivity index (χ1v) is 7.87. The third-order valence-corrected chi connectivity index (χ3v) is 4.05. The van der Waals surface area contributed by atoms with Gasteiger partial charge in [-0.2, -0.15) is 0 Å². The van der Waals surface area contributed by atoms with E-state index in [1.54, 1.807) is 0 Å². The fourth-order valence-electron chi connectivity index (χ4n) is 2.26. The Labute approximate surface area is 125 Å². The van der Waals surface area contributed by atoms with E-state index in [9.17, 15) is 4.79 Å². The van der Waals surface area contributed by atoms with Gasteiger partial charge in [0.2, 0.25) is 0 Å². The first-order valence-electron chi connectivity index (χ1n) is 7.08. The molecule has 0 saturated carbocycles. The summed E-state index contributed by atoms with van der Waals surface area (Å²) in [5.41, 5.74) is 1.89. The molecule has 0 unspecified atom stereocenters. The van der Waals surface area contributed by atoms with Crippen molar-refractivity contribution in [2.75, 3.05) is 13.1 Å². The van der Waals surface area contributed by atoms with E-state index in [0.717, 1.165) is 41.5 Å². The van der Waals surface area contributed by atoms with Gasteiger partial charge in [0.05, 0.1) is 0 Å². The van der Waals surface area contributed by atoms with Crippen molar-refractivity contribution < 1.29 is 4.79 Å². The van der Waals surface area contributed by atoms with Gasteiger partial charge in [-0.3, -0.25) is 4.79 Å². The number of rotatable bonds is 6. The van der Waals surface area contributed by atoms with E-state index in [1.807, 2.05) is 36.9 Å². The number of nitrogens with zero attached hydrogens (tertiary/aromatic N) is 1. The lowest BCUT2D eigenvalue weighted by Gasteiger charge is -2.25. The van der Waals surface area contributed by atoms with Crippen LogP contribution in [-0.2, 0) is 0 Å². The van der Waals surface area contributed by atoms with Crippen molar-refractivity contribution in [2.45, 2.75) is 40.5 Å². The second kappa shape index (κ2) is 7.68. The third kappa shape index (κ3) is 4.64. The van der Waals surface area contributed by atoms with E-state index >= 15 is 0 Å². The SMILES string of the molecule is CCC(CC)CN(CC)C(=O)c1cc(C)cc(Br)c1. The predicted molar refractivity (Wildman–Crippen MR) is 84.5 cm³/mol. The highest BCUT2D eigenvalue weighted by atomic mass is 79.9. The highest BCUT2D eigenvalue weighted by Crippen LogP contribution is 2.18. The molecule has 0 aromatic heterocycles. The number of carbonyl (C=O) groups is 1. The average Bonchev–Trinajstić information content (AvgIpc) is 2.38. The van der Waals surface area contributed by atoms with Gasteiger partial charge in [-0.05, 0) is 43.5 Å². The van der Waals surface area contributed by atoms with E-state index in [0.29, 0.717) is 5.92 Å². The molecule has 0 aliphatic rings. The molecule has 0 aliphatic heterocycles. The number of halogens is 1. The second-order valence-electron chi connectivity index (χ2n) is 5.04. The molecule has 0 fully saturated rings. The summed E-state index contributed by atoms with van der Waals surface area (Å²) in [5, 5.41) is 0. The lowest BCUT2D eigenvalue weighted by Crippen LogP contribution is -2.35. The van der Waals surface area contributed by atoms with Crippen LogP contribution in [0.3, 0.4) is 0 Å². The monoisotopic (exact) mass is 325 g/mol. The van der Waals surface area contributed by atoms with Crippen molar-refractivity contribution in [3.8, 4) is 0 Å². The van der Waals surface area contributed by atoms with Gasteiger partial charge in [0, 0.05) is 23.1 Å². The van der Waals surface area contributed by atoms with Gasteiger partial charge in [0.1, 0.15) is 0 Å². The lowest BCUT2D eigenvalue weighted by molar-refractivity contribution is 0.0735. The molecule has 0 saturated heterocycles. The standard InChI is InChI=1S/C16H24BrNO/c1-5-13(6-2)11-18(7-3)16(19)14-8-12(4)9-15(17)10-14/h8-10,13H,5-7,11H2,1-4H3.